The van der Waals surface area contributed by atoms with E-state index in [0.29, 0.717) is 20.1 Å². The van der Waals surface area contributed by atoms with Gasteiger partial charge in [0.15, 0.2) is 5.17 Å². The summed E-state index contributed by atoms with van der Waals surface area (Å²) in [6.45, 7) is 4.06. The van der Waals surface area contributed by atoms with Crippen molar-refractivity contribution in [2.45, 2.75) is 13.8 Å². The van der Waals surface area contributed by atoms with Crippen molar-refractivity contribution in [3.05, 3.63) is 86.5 Å². The molecule has 1 fully saturated rings. The number of nitrogens with one attached hydrogen (secondary N) is 1. The normalized spacial score (nSPS) is 16.6. The molecule has 2 heterocycles. The van der Waals surface area contributed by atoms with Crippen LogP contribution in [0.2, 0.25) is 10.0 Å². The maximum atomic E-state index is 12.4. The average Bonchev–Trinajstić information content (AvgIpc) is 3.16. The van der Waals surface area contributed by atoms with Gasteiger partial charge in [-0.2, -0.15) is 0 Å². The molecule has 1 aliphatic heterocycles. The summed E-state index contributed by atoms with van der Waals surface area (Å²) in [6, 6.07) is 16.9. The number of aliphatic imine (C=N–C) groups is 1. The highest BCUT2D eigenvalue weighted by molar-refractivity contribution is 8.18. The minimum Gasteiger partial charge on any atom is -0.318 e. The van der Waals surface area contributed by atoms with Crippen LogP contribution in [0.15, 0.2) is 64.5 Å². The highest BCUT2D eigenvalue weighted by Crippen LogP contribution is 2.31. The molecule has 1 aliphatic rings. The molecule has 0 unspecified atom stereocenters. The smallest absolute Gasteiger partial charge is 0.264 e. The quantitative estimate of drug-likeness (QED) is 0.485. The van der Waals surface area contributed by atoms with Crippen LogP contribution < -0.4 is 5.32 Å². The van der Waals surface area contributed by atoms with Gasteiger partial charge in [0.25, 0.3) is 5.91 Å². The lowest BCUT2D eigenvalue weighted by Crippen LogP contribution is -2.19. The van der Waals surface area contributed by atoms with E-state index in [0.717, 1.165) is 28.3 Å². The highest BCUT2D eigenvalue weighted by atomic mass is 35.5. The lowest BCUT2D eigenvalue weighted by atomic mass is 10.2. The van der Waals surface area contributed by atoms with Crippen LogP contribution in [0.25, 0.3) is 11.8 Å². The van der Waals surface area contributed by atoms with E-state index in [4.69, 9.17) is 23.2 Å². The summed E-state index contributed by atoms with van der Waals surface area (Å²) >= 11 is 13.4. The number of carbonyl (C=O) groups excluding carboxylic acids is 1. The molecule has 2 aromatic carbocycles. The fourth-order valence-electron chi connectivity index (χ4n) is 3.20. The molecule has 0 atom stereocenters. The molecule has 0 saturated carbocycles. The van der Waals surface area contributed by atoms with Gasteiger partial charge in [0.05, 0.1) is 10.6 Å². The highest BCUT2D eigenvalue weighted by Gasteiger charge is 2.24. The Morgan fingerprint density at radius 2 is 1.79 bits per heavy atom. The average molecular weight is 442 g/mol. The largest absolute Gasteiger partial charge is 0.318 e. The van der Waals surface area contributed by atoms with Crippen molar-refractivity contribution in [1.29, 1.82) is 0 Å². The third-order valence-electron chi connectivity index (χ3n) is 4.53. The first-order valence-electron chi connectivity index (χ1n) is 8.91. The molecule has 0 bridgehead atoms. The molecule has 0 spiro atoms. The van der Waals surface area contributed by atoms with Crippen LogP contribution in [-0.4, -0.2) is 15.6 Å². The Kier molecular flexibility index (Phi) is 5.54. The number of aryl methyl sites for hydroxylation is 1. The summed E-state index contributed by atoms with van der Waals surface area (Å²) in [6.07, 6.45) is 1.90. The Labute approximate surface area is 183 Å². The van der Waals surface area contributed by atoms with Gasteiger partial charge >= 0.3 is 0 Å². The van der Waals surface area contributed by atoms with Crippen LogP contribution in [0.4, 0.5) is 5.69 Å². The summed E-state index contributed by atoms with van der Waals surface area (Å²) < 4.78 is 2.12. The molecule has 1 amide bonds. The predicted molar refractivity (Wildman–Crippen MR) is 123 cm³/mol. The molecule has 1 N–H and O–H groups in total. The van der Waals surface area contributed by atoms with Crippen molar-refractivity contribution in [3.63, 3.8) is 0 Å². The van der Waals surface area contributed by atoms with Gasteiger partial charge in [0.1, 0.15) is 0 Å². The first-order chi connectivity index (χ1) is 13.9. The summed E-state index contributed by atoms with van der Waals surface area (Å²) in [7, 11) is 0. The summed E-state index contributed by atoms with van der Waals surface area (Å²) in [5.41, 5.74) is 4.81. The summed E-state index contributed by atoms with van der Waals surface area (Å²) in [4.78, 5) is 17.5. The molecular weight excluding hydrogens is 425 g/mol. The minimum atomic E-state index is -0.157. The van der Waals surface area contributed by atoms with Gasteiger partial charge in [-0.25, -0.2) is 4.99 Å². The molecule has 29 heavy (non-hydrogen) atoms. The summed E-state index contributed by atoms with van der Waals surface area (Å²) in [5.74, 6) is -0.157. The Hall–Kier alpha value is -2.47. The van der Waals surface area contributed by atoms with E-state index in [1.165, 1.54) is 11.8 Å². The van der Waals surface area contributed by atoms with Crippen molar-refractivity contribution in [3.8, 4) is 5.69 Å². The lowest BCUT2D eigenvalue weighted by molar-refractivity contribution is -0.115. The zero-order chi connectivity index (χ0) is 20.5. The van der Waals surface area contributed by atoms with Gasteiger partial charge in [0.2, 0.25) is 0 Å². The molecule has 0 radical (unpaired) electrons. The number of halogens is 2. The zero-order valence-corrected chi connectivity index (χ0v) is 18.1. The lowest BCUT2D eigenvalue weighted by Gasteiger charge is -2.09. The number of carbonyl (C=O) groups is 1. The van der Waals surface area contributed by atoms with Crippen molar-refractivity contribution >= 4 is 57.8 Å². The molecule has 7 heteroatoms. The van der Waals surface area contributed by atoms with E-state index in [1.807, 2.05) is 56.3 Å². The number of thioether (sulfide) groups is 1. The van der Waals surface area contributed by atoms with Crippen molar-refractivity contribution in [2.24, 2.45) is 4.99 Å². The van der Waals surface area contributed by atoms with Gasteiger partial charge in [-0.15, -0.1) is 0 Å². The van der Waals surface area contributed by atoms with Crippen LogP contribution in [0.3, 0.4) is 0 Å². The van der Waals surface area contributed by atoms with Crippen LogP contribution in [0, 0.1) is 13.8 Å². The van der Waals surface area contributed by atoms with Gasteiger partial charge < -0.3 is 9.88 Å². The Morgan fingerprint density at radius 1 is 1.03 bits per heavy atom. The minimum absolute atomic E-state index is 0.157. The van der Waals surface area contributed by atoms with Crippen molar-refractivity contribution < 1.29 is 4.79 Å². The Balaban J connectivity index is 1.64. The van der Waals surface area contributed by atoms with Crippen molar-refractivity contribution in [2.75, 3.05) is 0 Å². The van der Waals surface area contributed by atoms with E-state index in [1.54, 1.807) is 12.1 Å². The molecule has 146 valence electrons. The molecule has 4 nitrogen and oxygen atoms in total. The van der Waals surface area contributed by atoms with E-state index < -0.39 is 0 Å². The summed E-state index contributed by atoms with van der Waals surface area (Å²) in [5, 5.41) is 4.69. The monoisotopic (exact) mass is 441 g/mol. The fraction of sp³-hybridized carbons (Fsp3) is 0.0909. The van der Waals surface area contributed by atoms with E-state index in [-0.39, 0.29) is 5.91 Å². The number of rotatable bonds is 3. The maximum Gasteiger partial charge on any atom is 0.264 e. The van der Waals surface area contributed by atoms with Gasteiger partial charge in [-0.05, 0) is 85.8 Å². The van der Waals surface area contributed by atoms with Gasteiger partial charge in [-0.3, -0.25) is 4.79 Å². The van der Waals surface area contributed by atoms with Crippen LogP contribution in [0.1, 0.15) is 17.0 Å². The van der Waals surface area contributed by atoms with E-state index in [9.17, 15) is 4.79 Å². The standard InChI is InChI=1S/C22H17Cl2N3OS/c1-13-10-15(14(2)27(13)19-5-3-4-17(24)12-19)11-20-21(28)26-22(29-20)25-18-8-6-16(23)7-9-18/h3-12H,1-2H3,(H,25,26,28)/b20-11-. The number of amidine groups is 1. The number of aromatic nitrogens is 1. The predicted octanol–water partition coefficient (Wildman–Crippen LogP) is 6.29. The zero-order valence-electron chi connectivity index (χ0n) is 15.7. The van der Waals surface area contributed by atoms with Crippen LogP contribution in [-0.2, 0) is 4.79 Å². The topological polar surface area (TPSA) is 46.4 Å². The van der Waals surface area contributed by atoms with Gasteiger partial charge in [-0.1, -0.05) is 29.3 Å². The van der Waals surface area contributed by atoms with Crippen LogP contribution in [0.5, 0.6) is 0 Å². The Bertz CT molecular complexity index is 1160. The third-order valence-corrected chi connectivity index (χ3v) is 5.93. The SMILES string of the molecule is Cc1cc(/C=C2\SC(=Nc3ccc(Cl)cc3)NC2=O)c(C)n1-c1cccc(Cl)c1. The van der Waals surface area contributed by atoms with E-state index >= 15 is 0 Å². The second kappa shape index (κ2) is 8.11. The molecule has 4 rings (SSSR count). The second-order valence-corrected chi connectivity index (χ2v) is 8.50. The van der Waals surface area contributed by atoms with Gasteiger partial charge in [0, 0.05) is 27.1 Å². The number of hydrogen-bond donors (Lipinski definition) is 1. The number of amides is 1. The van der Waals surface area contributed by atoms with Crippen molar-refractivity contribution in [1.82, 2.24) is 9.88 Å². The third kappa shape index (κ3) is 4.27. The molecule has 3 aromatic rings. The number of benzene rings is 2. The fourth-order valence-corrected chi connectivity index (χ4v) is 4.34. The van der Waals surface area contributed by atoms with E-state index in [2.05, 4.69) is 20.9 Å². The number of hydrogen-bond acceptors (Lipinski definition) is 3. The molecular formula is C22H17Cl2N3OS. The molecule has 1 aromatic heterocycles. The number of nitrogens with zero attached hydrogens (tertiary/aromatic N) is 2. The second-order valence-electron chi connectivity index (χ2n) is 6.60. The first kappa shape index (κ1) is 19.8. The molecule has 0 aliphatic carbocycles. The first-order valence-corrected chi connectivity index (χ1v) is 10.5. The van der Waals surface area contributed by atoms with Crippen LogP contribution >= 0.6 is 35.0 Å². The molecule has 1 saturated heterocycles. The maximum absolute atomic E-state index is 12.4. The Morgan fingerprint density at radius 3 is 2.52 bits per heavy atom.